The number of likely N-dealkylation sites (tertiary alicyclic amines) is 1. The fraction of sp³-hybridized carbons (Fsp3) is 0.464. The Morgan fingerprint density at radius 2 is 2.06 bits per heavy atom. The summed E-state index contributed by atoms with van der Waals surface area (Å²) >= 11 is 3.70. The van der Waals surface area contributed by atoms with Gasteiger partial charge in [-0.3, -0.25) is 4.79 Å². The van der Waals surface area contributed by atoms with Gasteiger partial charge in [-0.15, -0.1) is 0 Å². The van der Waals surface area contributed by atoms with E-state index in [2.05, 4.69) is 45.2 Å². The molecule has 35 heavy (non-hydrogen) atoms. The third-order valence-electron chi connectivity index (χ3n) is 7.81. The number of aromatic amines is 1. The van der Waals surface area contributed by atoms with Crippen molar-refractivity contribution in [2.24, 2.45) is 5.41 Å². The van der Waals surface area contributed by atoms with Crippen LogP contribution in [0.3, 0.4) is 0 Å². The first kappa shape index (κ1) is 22.8. The number of imidazole rings is 1. The molecule has 0 radical (unpaired) electrons. The van der Waals surface area contributed by atoms with Crippen molar-refractivity contribution >= 4 is 38.6 Å². The second-order valence-corrected chi connectivity index (χ2v) is 11.5. The minimum Gasteiger partial charge on any atom is -0.447 e. The van der Waals surface area contributed by atoms with Crippen LogP contribution in [0.2, 0.25) is 0 Å². The molecule has 6 rings (SSSR count). The third kappa shape index (κ3) is 3.88. The number of ether oxygens (including phenoxy) is 1. The number of carbonyl (C=O) groups is 2. The highest BCUT2D eigenvalue weighted by Crippen LogP contribution is 2.47. The largest absolute Gasteiger partial charge is 0.447 e. The molecule has 1 spiro atoms. The number of ketones is 1. The second kappa shape index (κ2) is 8.47. The molecule has 2 heterocycles. The SMILES string of the molecule is CC(C)OC(=O)N1CC2(Cc3cc4c(Br)cccc4cc3C(Cc3nc4c([nH]3)CCCC4)C2=O)C1. The quantitative estimate of drug-likeness (QED) is 0.480. The maximum Gasteiger partial charge on any atom is 0.410 e. The number of carbonyl (C=O) groups excluding carboxylic acids is 2. The number of fused-ring (bicyclic) bond motifs is 3. The van der Waals surface area contributed by atoms with Gasteiger partial charge in [0.05, 0.1) is 23.1 Å². The average Bonchev–Trinajstić information content (AvgIpc) is 3.21. The zero-order chi connectivity index (χ0) is 24.3. The zero-order valence-corrected chi connectivity index (χ0v) is 21.8. The number of H-pyrrole nitrogens is 1. The van der Waals surface area contributed by atoms with E-state index in [9.17, 15) is 9.59 Å². The number of Topliss-reactive ketones (excluding diaryl/α,β-unsaturated/α-hetero) is 1. The van der Waals surface area contributed by atoms with E-state index in [1.807, 2.05) is 19.9 Å². The number of hydrogen-bond acceptors (Lipinski definition) is 4. The maximum atomic E-state index is 14.1. The fourth-order valence-corrected chi connectivity index (χ4v) is 6.65. The number of aromatic nitrogens is 2. The molecule has 1 unspecified atom stereocenters. The van der Waals surface area contributed by atoms with Gasteiger partial charge in [-0.25, -0.2) is 9.78 Å². The summed E-state index contributed by atoms with van der Waals surface area (Å²) in [7, 11) is 0. The van der Waals surface area contributed by atoms with E-state index in [1.165, 1.54) is 24.1 Å². The monoisotopic (exact) mass is 535 g/mol. The van der Waals surface area contributed by atoms with Crippen LogP contribution in [-0.4, -0.2) is 45.9 Å². The van der Waals surface area contributed by atoms with Crippen molar-refractivity contribution in [2.75, 3.05) is 13.1 Å². The topological polar surface area (TPSA) is 75.3 Å². The van der Waals surface area contributed by atoms with Crippen LogP contribution in [0.15, 0.2) is 34.8 Å². The molecule has 1 aromatic heterocycles. The molecule has 6 nitrogen and oxygen atoms in total. The summed E-state index contributed by atoms with van der Waals surface area (Å²) in [4.78, 5) is 36.7. The van der Waals surface area contributed by atoms with Crippen molar-refractivity contribution < 1.29 is 14.3 Å². The highest BCUT2D eigenvalue weighted by Gasteiger charge is 2.56. The van der Waals surface area contributed by atoms with Crippen LogP contribution in [-0.2, 0) is 35.2 Å². The number of hydrogen-bond donors (Lipinski definition) is 1. The smallest absolute Gasteiger partial charge is 0.410 e. The summed E-state index contributed by atoms with van der Waals surface area (Å²) < 4.78 is 6.44. The minimum atomic E-state index is -0.561. The summed E-state index contributed by atoms with van der Waals surface area (Å²) in [5.41, 5.74) is 4.14. The average molecular weight is 536 g/mol. The van der Waals surface area contributed by atoms with Crippen molar-refractivity contribution in [1.82, 2.24) is 14.9 Å². The first-order chi connectivity index (χ1) is 16.8. The highest BCUT2D eigenvalue weighted by molar-refractivity contribution is 9.10. The molecule has 1 amide bonds. The van der Waals surface area contributed by atoms with Crippen LogP contribution in [0.4, 0.5) is 4.79 Å². The molecule has 1 N–H and O–H groups in total. The Kier molecular flexibility index (Phi) is 5.51. The number of nitrogens with zero attached hydrogens (tertiary/aromatic N) is 2. The molecule has 1 atom stereocenters. The van der Waals surface area contributed by atoms with Gasteiger partial charge in [-0.2, -0.15) is 0 Å². The van der Waals surface area contributed by atoms with Crippen molar-refractivity contribution in [3.63, 3.8) is 0 Å². The van der Waals surface area contributed by atoms with Gasteiger partial charge >= 0.3 is 6.09 Å². The lowest BCUT2D eigenvalue weighted by molar-refractivity contribution is -0.140. The van der Waals surface area contributed by atoms with Crippen molar-refractivity contribution in [1.29, 1.82) is 0 Å². The van der Waals surface area contributed by atoms with E-state index in [0.717, 1.165) is 45.2 Å². The molecule has 0 saturated carbocycles. The third-order valence-corrected chi connectivity index (χ3v) is 8.50. The van der Waals surface area contributed by atoms with Crippen LogP contribution in [0, 0.1) is 5.41 Å². The number of aryl methyl sites for hydroxylation is 2. The number of rotatable bonds is 3. The molecule has 2 aromatic carbocycles. The van der Waals surface area contributed by atoms with Gasteiger partial charge in [-0.1, -0.05) is 34.1 Å². The van der Waals surface area contributed by atoms with Gasteiger partial charge in [0.25, 0.3) is 0 Å². The van der Waals surface area contributed by atoms with Crippen molar-refractivity contribution in [2.45, 2.75) is 64.4 Å². The normalized spacial score (nSPS) is 20.6. The Morgan fingerprint density at radius 3 is 2.83 bits per heavy atom. The molecular weight excluding hydrogens is 506 g/mol. The number of benzene rings is 2. The molecule has 7 heteroatoms. The first-order valence-corrected chi connectivity index (χ1v) is 13.4. The van der Waals surface area contributed by atoms with E-state index >= 15 is 0 Å². The van der Waals surface area contributed by atoms with E-state index in [4.69, 9.17) is 9.72 Å². The Bertz CT molecular complexity index is 1320. The number of nitrogens with one attached hydrogen (secondary N) is 1. The minimum absolute atomic E-state index is 0.178. The lowest BCUT2D eigenvalue weighted by Gasteiger charge is -2.52. The predicted molar refractivity (Wildman–Crippen MR) is 138 cm³/mol. The van der Waals surface area contributed by atoms with E-state index in [-0.39, 0.29) is 23.9 Å². The maximum absolute atomic E-state index is 14.1. The summed E-state index contributed by atoms with van der Waals surface area (Å²) in [6.45, 7) is 4.51. The Balaban J connectivity index is 1.38. The Morgan fingerprint density at radius 1 is 1.26 bits per heavy atom. The van der Waals surface area contributed by atoms with E-state index < -0.39 is 5.41 Å². The van der Waals surface area contributed by atoms with Gasteiger partial charge in [0.2, 0.25) is 0 Å². The zero-order valence-electron chi connectivity index (χ0n) is 20.2. The second-order valence-electron chi connectivity index (χ2n) is 10.7. The number of halogens is 1. The molecule has 182 valence electrons. The summed E-state index contributed by atoms with van der Waals surface area (Å²) in [5, 5.41) is 2.28. The summed E-state index contributed by atoms with van der Waals surface area (Å²) in [6.07, 6.45) is 5.11. The van der Waals surface area contributed by atoms with Crippen LogP contribution in [0.5, 0.6) is 0 Å². The molecule has 3 aromatic rings. The van der Waals surface area contributed by atoms with Gasteiger partial charge in [0.1, 0.15) is 5.82 Å². The molecule has 0 bridgehead atoms. The fourth-order valence-electron chi connectivity index (χ4n) is 6.15. The van der Waals surface area contributed by atoms with Crippen molar-refractivity contribution in [3.05, 3.63) is 63.1 Å². The molecule has 2 aliphatic carbocycles. The van der Waals surface area contributed by atoms with Crippen LogP contribution in [0.25, 0.3) is 10.8 Å². The number of amides is 1. The lowest BCUT2D eigenvalue weighted by atomic mass is 9.61. The van der Waals surface area contributed by atoms with Crippen LogP contribution in [0.1, 0.15) is 60.9 Å². The predicted octanol–water partition coefficient (Wildman–Crippen LogP) is 5.50. The first-order valence-electron chi connectivity index (χ1n) is 12.6. The van der Waals surface area contributed by atoms with Gasteiger partial charge < -0.3 is 14.6 Å². The Hall–Kier alpha value is -2.67. The van der Waals surface area contributed by atoms with Crippen molar-refractivity contribution in [3.8, 4) is 0 Å². The van der Waals surface area contributed by atoms with Gasteiger partial charge in [0.15, 0.2) is 5.78 Å². The summed E-state index contributed by atoms with van der Waals surface area (Å²) in [6, 6.07) is 10.6. The van der Waals surface area contributed by atoms with Gasteiger partial charge in [0, 0.05) is 29.7 Å². The Labute approximate surface area is 213 Å². The van der Waals surface area contributed by atoms with E-state index in [0.29, 0.717) is 25.9 Å². The molecule has 1 fully saturated rings. The molecule has 1 saturated heterocycles. The van der Waals surface area contributed by atoms with Crippen LogP contribution < -0.4 is 0 Å². The highest BCUT2D eigenvalue weighted by atomic mass is 79.9. The summed E-state index contributed by atoms with van der Waals surface area (Å²) in [5.74, 6) is 0.850. The lowest BCUT2D eigenvalue weighted by Crippen LogP contribution is -2.65. The molecule has 1 aliphatic heterocycles. The molecule has 3 aliphatic rings. The standard InChI is InChI=1S/C28H30BrN3O3/c1-16(2)35-27(34)32-14-28(15-32)13-18-11-20-17(6-5-7-22(20)29)10-19(18)21(26(28)33)12-25-30-23-8-3-4-9-24(23)31-25/h5-7,10-11,16,21H,3-4,8-9,12-15H2,1-2H3,(H,30,31). The molecular formula is C28H30BrN3O3. The van der Waals surface area contributed by atoms with Gasteiger partial charge in [-0.05, 0) is 80.0 Å². The van der Waals surface area contributed by atoms with Crippen LogP contribution >= 0.6 is 15.9 Å². The van der Waals surface area contributed by atoms with E-state index in [1.54, 1.807) is 4.90 Å².